The lowest BCUT2D eigenvalue weighted by atomic mass is 10.2. The predicted molar refractivity (Wildman–Crippen MR) is 47.4 cm³/mol. The summed E-state index contributed by atoms with van der Waals surface area (Å²) in [5.41, 5.74) is 4.95. The van der Waals surface area contributed by atoms with Gasteiger partial charge in [-0.3, -0.25) is 0 Å². The van der Waals surface area contributed by atoms with Crippen molar-refractivity contribution in [3.63, 3.8) is 0 Å². The fraction of sp³-hybridized carbons (Fsp3) is 0.857. The highest BCUT2D eigenvalue weighted by molar-refractivity contribution is 9.10. The Kier molecular flexibility index (Phi) is 3.08. The molecule has 3 nitrogen and oxygen atoms in total. The number of halogens is 1. The first-order chi connectivity index (χ1) is 4.63. The second kappa shape index (κ2) is 3.11. The molecule has 0 saturated heterocycles. The van der Waals surface area contributed by atoms with Crippen LogP contribution in [0, 0.1) is 0 Å². The first-order valence-corrected chi connectivity index (χ1v) is 4.13. The molecule has 0 aromatic carbocycles. The van der Waals surface area contributed by atoms with Gasteiger partial charge in [0.1, 0.15) is 5.60 Å². The maximum absolute atomic E-state index is 11.1. The average molecular weight is 224 g/mol. The van der Waals surface area contributed by atoms with Crippen LogP contribution in [0.2, 0.25) is 0 Å². The molecule has 4 heteroatoms. The highest BCUT2D eigenvalue weighted by Crippen LogP contribution is 2.16. The molecule has 0 spiro atoms. The van der Waals surface area contributed by atoms with E-state index in [0.29, 0.717) is 0 Å². The van der Waals surface area contributed by atoms with Crippen molar-refractivity contribution >= 4 is 21.9 Å². The Bertz CT molecular complexity index is 155. The maximum atomic E-state index is 11.1. The number of carbonyl (C=O) groups is 1. The average Bonchev–Trinajstić information content (AvgIpc) is 1.56. The second-order valence-corrected chi connectivity index (χ2v) is 5.22. The second-order valence-electron chi connectivity index (χ2n) is 3.58. The lowest BCUT2D eigenvalue weighted by Gasteiger charge is -2.24. The molecule has 66 valence electrons. The van der Waals surface area contributed by atoms with E-state index in [9.17, 15) is 4.79 Å². The van der Waals surface area contributed by atoms with Crippen LogP contribution in [0.4, 0.5) is 0 Å². The largest absolute Gasteiger partial charge is 0.458 e. The van der Waals surface area contributed by atoms with Crippen LogP contribution >= 0.6 is 15.9 Å². The molecule has 0 aromatic heterocycles. The molecule has 0 aliphatic rings. The van der Waals surface area contributed by atoms with Gasteiger partial charge in [-0.2, -0.15) is 0 Å². The highest BCUT2D eigenvalue weighted by atomic mass is 79.9. The van der Waals surface area contributed by atoms with Crippen LogP contribution < -0.4 is 5.73 Å². The van der Waals surface area contributed by atoms with Crippen molar-refractivity contribution in [2.75, 3.05) is 0 Å². The van der Waals surface area contributed by atoms with Crippen LogP contribution in [0.5, 0.6) is 0 Å². The SMILES string of the molecule is CC(C)(C)OC(=O)C(C)(N)Br. The van der Waals surface area contributed by atoms with E-state index in [1.165, 1.54) is 0 Å². The Hall–Kier alpha value is -0.0900. The molecule has 2 N–H and O–H groups in total. The molecule has 0 amide bonds. The third-order valence-corrected chi connectivity index (χ3v) is 1.12. The minimum atomic E-state index is -1.08. The van der Waals surface area contributed by atoms with Gasteiger partial charge in [0, 0.05) is 0 Å². The van der Waals surface area contributed by atoms with Gasteiger partial charge in [0.25, 0.3) is 0 Å². The van der Waals surface area contributed by atoms with Gasteiger partial charge in [-0.25, -0.2) is 4.79 Å². The molecule has 1 atom stereocenters. The minimum Gasteiger partial charge on any atom is -0.458 e. The summed E-state index contributed by atoms with van der Waals surface area (Å²) in [5, 5.41) is 0. The smallest absolute Gasteiger partial charge is 0.337 e. The van der Waals surface area contributed by atoms with Gasteiger partial charge in [0.2, 0.25) is 0 Å². The van der Waals surface area contributed by atoms with Crippen molar-refractivity contribution in [3.8, 4) is 0 Å². The Balaban J connectivity index is 4.11. The number of esters is 1. The van der Waals surface area contributed by atoms with E-state index in [2.05, 4.69) is 15.9 Å². The van der Waals surface area contributed by atoms with E-state index < -0.39 is 16.0 Å². The fourth-order valence-corrected chi connectivity index (χ4v) is 0.459. The molecule has 0 heterocycles. The van der Waals surface area contributed by atoms with E-state index in [1.54, 1.807) is 27.7 Å². The van der Waals surface area contributed by atoms with Gasteiger partial charge in [0.15, 0.2) is 4.45 Å². The van der Waals surface area contributed by atoms with E-state index in [0.717, 1.165) is 0 Å². The van der Waals surface area contributed by atoms with Crippen molar-refractivity contribution < 1.29 is 9.53 Å². The zero-order valence-electron chi connectivity index (χ0n) is 7.27. The van der Waals surface area contributed by atoms with Crippen molar-refractivity contribution in [2.24, 2.45) is 5.73 Å². The zero-order chi connectivity index (χ0) is 9.28. The maximum Gasteiger partial charge on any atom is 0.337 e. The van der Waals surface area contributed by atoms with Gasteiger partial charge >= 0.3 is 5.97 Å². The molecule has 0 radical (unpaired) electrons. The standard InChI is InChI=1S/C7H14BrNO2/c1-6(2,3)11-5(10)7(4,8)9/h9H2,1-4H3. The van der Waals surface area contributed by atoms with Crippen molar-refractivity contribution in [1.82, 2.24) is 0 Å². The Morgan fingerprint density at radius 3 is 1.82 bits per heavy atom. The summed E-state index contributed by atoms with van der Waals surface area (Å²) in [4.78, 5) is 11.1. The number of hydrogen-bond donors (Lipinski definition) is 1. The molecule has 0 saturated carbocycles. The number of hydrogen-bond acceptors (Lipinski definition) is 3. The first-order valence-electron chi connectivity index (χ1n) is 3.34. The van der Waals surface area contributed by atoms with Crippen molar-refractivity contribution in [3.05, 3.63) is 0 Å². The summed E-state index contributed by atoms with van der Waals surface area (Å²) in [7, 11) is 0. The molecule has 0 aromatic rings. The molecular formula is C7H14BrNO2. The summed E-state index contributed by atoms with van der Waals surface area (Å²) < 4.78 is 3.91. The summed E-state index contributed by atoms with van der Waals surface area (Å²) in [6, 6.07) is 0. The van der Waals surface area contributed by atoms with E-state index in [4.69, 9.17) is 10.5 Å². The quantitative estimate of drug-likeness (QED) is 0.416. The topological polar surface area (TPSA) is 52.3 Å². The van der Waals surface area contributed by atoms with Gasteiger partial charge < -0.3 is 10.5 Å². The van der Waals surface area contributed by atoms with Gasteiger partial charge in [-0.1, -0.05) is 15.9 Å². The summed E-state index contributed by atoms with van der Waals surface area (Å²) >= 11 is 3.00. The van der Waals surface area contributed by atoms with Gasteiger partial charge in [-0.15, -0.1) is 0 Å². The Morgan fingerprint density at radius 1 is 1.36 bits per heavy atom. The fourth-order valence-electron chi connectivity index (χ4n) is 0.378. The van der Waals surface area contributed by atoms with Crippen LogP contribution in [-0.4, -0.2) is 16.0 Å². The third-order valence-electron chi connectivity index (χ3n) is 0.798. The van der Waals surface area contributed by atoms with Crippen LogP contribution in [0.3, 0.4) is 0 Å². The Labute approximate surface area is 75.4 Å². The normalized spacial score (nSPS) is 17.3. The van der Waals surface area contributed by atoms with E-state index in [1.807, 2.05) is 0 Å². The lowest BCUT2D eigenvalue weighted by Crippen LogP contribution is -2.43. The van der Waals surface area contributed by atoms with Gasteiger partial charge in [0.05, 0.1) is 0 Å². The molecule has 11 heavy (non-hydrogen) atoms. The molecule has 0 aliphatic carbocycles. The molecule has 0 aliphatic heterocycles. The minimum absolute atomic E-state index is 0.454. The molecular weight excluding hydrogens is 210 g/mol. The van der Waals surface area contributed by atoms with Crippen LogP contribution in [0.1, 0.15) is 27.7 Å². The Morgan fingerprint density at radius 2 is 1.73 bits per heavy atom. The first kappa shape index (κ1) is 10.9. The monoisotopic (exact) mass is 223 g/mol. The zero-order valence-corrected chi connectivity index (χ0v) is 8.86. The van der Waals surface area contributed by atoms with Crippen LogP contribution in [-0.2, 0) is 9.53 Å². The number of ether oxygens (including phenoxy) is 1. The van der Waals surface area contributed by atoms with Crippen molar-refractivity contribution in [2.45, 2.75) is 37.7 Å². The molecule has 0 rings (SSSR count). The molecule has 0 fully saturated rings. The van der Waals surface area contributed by atoms with Crippen LogP contribution in [0.15, 0.2) is 0 Å². The third kappa shape index (κ3) is 5.21. The lowest BCUT2D eigenvalue weighted by molar-refractivity contribution is -0.157. The number of nitrogens with two attached hydrogens (primary N) is 1. The van der Waals surface area contributed by atoms with Crippen molar-refractivity contribution in [1.29, 1.82) is 0 Å². The number of alkyl halides is 1. The highest BCUT2D eigenvalue weighted by Gasteiger charge is 2.29. The number of rotatable bonds is 1. The van der Waals surface area contributed by atoms with E-state index >= 15 is 0 Å². The molecule has 1 unspecified atom stereocenters. The van der Waals surface area contributed by atoms with Crippen LogP contribution in [0.25, 0.3) is 0 Å². The summed E-state index contributed by atoms with van der Waals surface area (Å²) in [5.74, 6) is -0.454. The number of carbonyl (C=O) groups excluding carboxylic acids is 1. The molecule has 0 bridgehead atoms. The summed E-state index contributed by atoms with van der Waals surface area (Å²) in [6.45, 7) is 6.93. The summed E-state index contributed by atoms with van der Waals surface area (Å²) in [6.07, 6.45) is 0. The predicted octanol–water partition coefficient (Wildman–Crippen LogP) is 1.40. The van der Waals surface area contributed by atoms with Gasteiger partial charge in [-0.05, 0) is 27.7 Å². The van der Waals surface area contributed by atoms with E-state index in [-0.39, 0.29) is 0 Å².